The van der Waals surface area contributed by atoms with E-state index < -0.39 is 0 Å². The number of nitrogens with one attached hydrogen (secondary N) is 1. The van der Waals surface area contributed by atoms with Gasteiger partial charge in [-0.25, -0.2) is 0 Å². The number of amidine groups is 1. The molecule has 0 aliphatic heterocycles. The van der Waals surface area contributed by atoms with Crippen molar-refractivity contribution < 1.29 is 9.84 Å². The number of benzene rings is 2. The van der Waals surface area contributed by atoms with Crippen LogP contribution in [0.15, 0.2) is 48.5 Å². The van der Waals surface area contributed by atoms with Crippen molar-refractivity contribution in [3.8, 4) is 11.5 Å². The maximum atomic E-state index is 9.04. The Bertz CT molecular complexity index is 582. The third-order valence-corrected chi connectivity index (χ3v) is 2.75. The minimum Gasteiger partial charge on any atom is -0.456 e. The topological polar surface area (TPSA) is 79.3 Å². The van der Waals surface area contributed by atoms with E-state index in [2.05, 4.69) is 0 Å². The molecule has 0 aromatic heterocycles. The van der Waals surface area contributed by atoms with Crippen LogP contribution in [0.25, 0.3) is 0 Å². The Morgan fingerprint density at radius 3 is 2.37 bits per heavy atom. The van der Waals surface area contributed by atoms with Crippen molar-refractivity contribution in [2.45, 2.75) is 6.42 Å². The first-order chi connectivity index (χ1) is 9.22. The van der Waals surface area contributed by atoms with Gasteiger partial charge in [0.25, 0.3) is 0 Å². The summed E-state index contributed by atoms with van der Waals surface area (Å²) in [5.41, 5.74) is 7.00. The van der Waals surface area contributed by atoms with Gasteiger partial charge >= 0.3 is 0 Å². The number of hydrogen-bond acceptors (Lipinski definition) is 3. The van der Waals surface area contributed by atoms with E-state index in [4.69, 9.17) is 21.0 Å². The largest absolute Gasteiger partial charge is 0.456 e. The molecule has 0 atom stereocenters. The Morgan fingerprint density at radius 2 is 1.68 bits per heavy atom. The maximum Gasteiger partial charge on any atom is 0.138 e. The third kappa shape index (κ3) is 3.11. The number of nitrogen functional groups attached to an aromatic ring is 1. The summed E-state index contributed by atoms with van der Waals surface area (Å²) >= 11 is 0. The monoisotopic (exact) mass is 256 g/mol. The molecule has 2 rings (SSSR count). The van der Waals surface area contributed by atoms with Gasteiger partial charge in [-0.15, -0.1) is 0 Å². The van der Waals surface area contributed by atoms with Gasteiger partial charge in [-0.2, -0.15) is 0 Å². The second-order valence-corrected chi connectivity index (χ2v) is 4.09. The van der Waals surface area contributed by atoms with Gasteiger partial charge in [0.2, 0.25) is 0 Å². The van der Waals surface area contributed by atoms with Crippen LogP contribution in [-0.2, 0) is 6.42 Å². The molecule has 4 N–H and O–H groups in total. The average molecular weight is 256 g/mol. The van der Waals surface area contributed by atoms with Gasteiger partial charge in [0.05, 0.1) is 5.56 Å². The molecule has 0 spiro atoms. The van der Waals surface area contributed by atoms with E-state index in [-0.39, 0.29) is 12.4 Å². The van der Waals surface area contributed by atoms with Gasteiger partial charge in [0.15, 0.2) is 0 Å². The molecule has 0 aliphatic rings. The van der Waals surface area contributed by atoms with Crippen LogP contribution in [0.3, 0.4) is 0 Å². The molecule has 0 unspecified atom stereocenters. The summed E-state index contributed by atoms with van der Waals surface area (Å²) in [6.07, 6.45) is 0.526. The first-order valence-corrected chi connectivity index (χ1v) is 6.02. The number of aliphatic hydroxyl groups is 1. The van der Waals surface area contributed by atoms with Crippen LogP contribution in [0.5, 0.6) is 11.5 Å². The minimum atomic E-state index is -0.0322. The number of para-hydroxylation sites is 2. The van der Waals surface area contributed by atoms with Crippen LogP contribution in [0.2, 0.25) is 0 Å². The van der Waals surface area contributed by atoms with Crippen LogP contribution in [0, 0.1) is 5.41 Å². The minimum absolute atomic E-state index is 0.0322. The highest BCUT2D eigenvalue weighted by Crippen LogP contribution is 2.28. The number of aliphatic hydroxyl groups excluding tert-OH is 1. The van der Waals surface area contributed by atoms with E-state index >= 15 is 0 Å². The fraction of sp³-hybridized carbons (Fsp3) is 0.133. The summed E-state index contributed by atoms with van der Waals surface area (Å²) in [6.45, 7) is 0.0642. The molecule has 0 bridgehead atoms. The fourth-order valence-corrected chi connectivity index (χ4v) is 1.83. The summed E-state index contributed by atoms with van der Waals surface area (Å²) < 4.78 is 5.82. The zero-order valence-corrected chi connectivity index (χ0v) is 10.5. The van der Waals surface area contributed by atoms with Crippen LogP contribution in [0.1, 0.15) is 11.1 Å². The smallest absolute Gasteiger partial charge is 0.138 e. The lowest BCUT2D eigenvalue weighted by molar-refractivity contribution is 0.298. The summed E-state index contributed by atoms with van der Waals surface area (Å²) in [5.74, 6) is 1.18. The molecule has 0 saturated heterocycles. The Hall–Kier alpha value is -2.33. The zero-order chi connectivity index (χ0) is 13.7. The SMILES string of the molecule is N=C(N)c1ccccc1Oc1ccccc1CCO. The standard InChI is InChI=1S/C15H16N2O2/c16-15(17)12-6-2-4-8-14(12)19-13-7-3-1-5-11(13)9-10-18/h1-8,18H,9-10H2,(H3,16,17). The molecule has 2 aromatic rings. The van der Waals surface area contributed by atoms with Crippen molar-refractivity contribution in [3.05, 3.63) is 59.7 Å². The van der Waals surface area contributed by atoms with Gasteiger partial charge < -0.3 is 15.6 Å². The summed E-state index contributed by atoms with van der Waals surface area (Å²) in [5, 5.41) is 16.6. The highest BCUT2D eigenvalue weighted by atomic mass is 16.5. The molecular weight excluding hydrogens is 240 g/mol. The molecule has 0 saturated carbocycles. The van der Waals surface area contributed by atoms with E-state index in [0.29, 0.717) is 23.5 Å². The third-order valence-electron chi connectivity index (χ3n) is 2.75. The van der Waals surface area contributed by atoms with Crippen LogP contribution >= 0.6 is 0 Å². The van der Waals surface area contributed by atoms with Crippen molar-refractivity contribution in [2.24, 2.45) is 5.73 Å². The molecule has 19 heavy (non-hydrogen) atoms. The molecule has 2 aromatic carbocycles. The highest BCUT2D eigenvalue weighted by molar-refractivity contribution is 5.97. The van der Waals surface area contributed by atoms with Crippen molar-refractivity contribution in [2.75, 3.05) is 6.61 Å². The average Bonchev–Trinajstić information content (AvgIpc) is 2.42. The molecule has 0 amide bonds. The lowest BCUT2D eigenvalue weighted by atomic mass is 10.1. The number of nitrogens with two attached hydrogens (primary N) is 1. The van der Waals surface area contributed by atoms with Crippen molar-refractivity contribution in [1.29, 1.82) is 5.41 Å². The summed E-state index contributed by atoms with van der Waals surface area (Å²) in [6, 6.07) is 14.7. The molecule has 0 aliphatic carbocycles. The Morgan fingerprint density at radius 1 is 1.05 bits per heavy atom. The van der Waals surface area contributed by atoms with Gasteiger partial charge in [-0.05, 0) is 30.2 Å². The molecule has 0 radical (unpaired) electrons. The van der Waals surface area contributed by atoms with Crippen LogP contribution < -0.4 is 10.5 Å². The quantitative estimate of drug-likeness (QED) is 0.567. The van der Waals surface area contributed by atoms with E-state index in [1.807, 2.05) is 36.4 Å². The van der Waals surface area contributed by atoms with E-state index in [1.54, 1.807) is 12.1 Å². The second-order valence-electron chi connectivity index (χ2n) is 4.09. The normalized spacial score (nSPS) is 10.2. The van der Waals surface area contributed by atoms with E-state index in [1.165, 1.54) is 0 Å². The van der Waals surface area contributed by atoms with Gasteiger partial charge in [-0.1, -0.05) is 30.3 Å². The molecule has 0 fully saturated rings. The molecular formula is C15H16N2O2. The van der Waals surface area contributed by atoms with Crippen molar-refractivity contribution >= 4 is 5.84 Å². The summed E-state index contributed by atoms with van der Waals surface area (Å²) in [4.78, 5) is 0. The fourth-order valence-electron chi connectivity index (χ4n) is 1.83. The van der Waals surface area contributed by atoms with Crippen LogP contribution in [0.4, 0.5) is 0 Å². The molecule has 4 heteroatoms. The first-order valence-electron chi connectivity index (χ1n) is 6.02. The second kappa shape index (κ2) is 6.02. The molecule has 98 valence electrons. The van der Waals surface area contributed by atoms with Gasteiger partial charge in [0.1, 0.15) is 17.3 Å². The Kier molecular flexibility index (Phi) is 4.15. The van der Waals surface area contributed by atoms with E-state index in [9.17, 15) is 0 Å². The predicted octanol–water partition coefficient (Wildman–Crippen LogP) is 2.30. The lowest BCUT2D eigenvalue weighted by Crippen LogP contribution is -2.12. The zero-order valence-electron chi connectivity index (χ0n) is 10.5. The summed E-state index contributed by atoms with van der Waals surface area (Å²) in [7, 11) is 0. The molecule has 4 nitrogen and oxygen atoms in total. The van der Waals surface area contributed by atoms with Crippen LogP contribution in [-0.4, -0.2) is 17.5 Å². The number of hydrogen-bond donors (Lipinski definition) is 3. The first kappa shape index (κ1) is 13.1. The maximum absolute atomic E-state index is 9.04. The van der Waals surface area contributed by atoms with Crippen molar-refractivity contribution in [3.63, 3.8) is 0 Å². The van der Waals surface area contributed by atoms with Gasteiger partial charge in [0, 0.05) is 6.61 Å². The highest BCUT2D eigenvalue weighted by Gasteiger charge is 2.09. The Balaban J connectivity index is 2.34. The number of rotatable bonds is 5. The van der Waals surface area contributed by atoms with E-state index in [0.717, 1.165) is 5.56 Å². The molecule has 0 heterocycles. The van der Waals surface area contributed by atoms with Crippen molar-refractivity contribution in [1.82, 2.24) is 0 Å². The number of ether oxygens (including phenoxy) is 1. The lowest BCUT2D eigenvalue weighted by Gasteiger charge is -2.13. The van der Waals surface area contributed by atoms with Gasteiger partial charge in [-0.3, -0.25) is 5.41 Å². The predicted molar refractivity (Wildman–Crippen MR) is 74.8 cm³/mol. The Labute approximate surface area is 112 Å².